The Bertz CT molecular complexity index is 1040. The predicted molar refractivity (Wildman–Crippen MR) is 112 cm³/mol. The fourth-order valence-electron chi connectivity index (χ4n) is 4.13. The average molecular weight is 415 g/mol. The van der Waals surface area contributed by atoms with Crippen molar-refractivity contribution >= 4 is 39.2 Å². The lowest BCUT2D eigenvalue weighted by molar-refractivity contribution is -0.119. The first kappa shape index (κ1) is 19.2. The minimum absolute atomic E-state index is 0.0449. The fourth-order valence-corrected chi connectivity index (χ4v) is 6.25. The highest BCUT2D eigenvalue weighted by molar-refractivity contribution is 7.99. The lowest BCUT2D eigenvalue weighted by Gasteiger charge is -2.21. The molecule has 1 saturated carbocycles. The molecule has 6 nitrogen and oxygen atoms in total. The molecule has 4 rings (SSSR count). The van der Waals surface area contributed by atoms with Gasteiger partial charge in [0.05, 0.1) is 17.2 Å². The van der Waals surface area contributed by atoms with E-state index >= 15 is 0 Å². The van der Waals surface area contributed by atoms with Crippen LogP contribution in [0.4, 0.5) is 0 Å². The van der Waals surface area contributed by atoms with E-state index in [1.54, 1.807) is 22.0 Å². The number of carbonyl (C=O) groups excluding carboxylic acids is 1. The van der Waals surface area contributed by atoms with Crippen molar-refractivity contribution in [2.45, 2.75) is 62.2 Å². The van der Waals surface area contributed by atoms with E-state index in [2.05, 4.69) is 18.0 Å². The number of carbonyl (C=O) groups is 1. The third-order valence-corrected chi connectivity index (χ3v) is 7.65. The van der Waals surface area contributed by atoms with Crippen LogP contribution >= 0.6 is 23.1 Å². The van der Waals surface area contributed by atoms with Gasteiger partial charge >= 0.3 is 0 Å². The summed E-state index contributed by atoms with van der Waals surface area (Å²) in [7, 11) is 0. The van der Waals surface area contributed by atoms with Gasteiger partial charge in [0.2, 0.25) is 5.91 Å². The largest absolute Gasteiger partial charge is 0.337 e. The molecule has 2 heterocycles. The van der Waals surface area contributed by atoms with Crippen molar-refractivity contribution in [3.05, 3.63) is 33.4 Å². The van der Waals surface area contributed by atoms with Gasteiger partial charge in [-0.1, -0.05) is 17.8 Å². The molecule has 1 fully saturated rings. The summed E-state index contributed by atoms with van der Waals surface area (Å²) in [5.74, 6) is -0.0644. The van der Waals surface area contributed by atoms with Crippen LogP contribution in [-0.4, -0.2) is 26.8 Å². The maximum absolute atomic E-state index is 13.1. The fraction of sp³-hybridized carbons (Fsp3) is 0.500. The van der Waals surface area contributed by atoms with Crippen LogP contribution in [0.3, 0.4) is 0 Å². The van der Waals surface area contributed by atoms with Gasteiger partial charge in [0.25, 0.3) is 5.56 Å². The average Bonchev–Trinajstić information content (AvgIpc) is 3.39. The second-order valence-corrected chi connectivity index (χ2v) is 9.40. The van der Waals surface area contributed by atoms with Crippen molar-refractivity contribution < 1.29 is 4.79 Å². The summed E-state index contributed by atoms with van der Waals surface area (Å²) in [5.41, 5.74) is 0.378. The number of aryl methyl sites for hydroxylation is 2. The number of amides is 1. The van der Waals surface area contributed by atoms with E-state index in [0.717, 1.165) is 47.9 Å². The molecule has 0 bridgehead atoms. The van der Waals surface area contributed by atoms with Crippen LogP contribution in [0.1, 0.15) is 42.5 Å². The molecular formula is C20H22N4O2S2. The van der Waals surface area contributed by atoms with Gasteiger partial charge < -0.3 is 5.32 Å². The number of rotatable bonds is 6. The summed E-state index contributed by atoms with van der Waals surface area (Å²) in [4.78, 5) is 32.3. The summed E-state index contributed by atoms with van der Waals surface area (Å²) in [6.07, 6.45) is 8.04. The Morgan fingerprint density at radius 3 is 2.89 bits per heavy atom. The number of aromatic nitrogens is 2. The molecule has 1 amide bonds. The van der Waals surface area contributed by atoms with E-state index in [1.807, 2.05) is 0 Å². The molecule has 0 aliphatic heterocycles. The number of hydrogen-bond acceptors (Lipinski definition) is 6. The lowest BCUT2D eigenvalue weighted by Crippen LogP contribution is -2.45. The number of thioether (sulfide) groups is 1. The first-order valence-corrected chi connectivity index (χ1v) is 11.4. The Morgan fingerprint density at radius 1 is 1.39 bits per heavy atom. The Hall–Kier alpha value is -2.11. The molecule has 2 aliphatic carbocycles. The molecule has 2 aliphatic rings. The molecule has 2 aromatic heterocycles. The van der Waals surface area contributed by atoms with Gasteiger partial charge in [-0.25, -0.2) is 4.98 Å². The van der Waals surface area contributed by atoms with Gasteiger partial charge in [-0.2, -0.15) is 5.26 Å². The van der Waals surface area contributed by atoms with Crippen LogP contribution < -0.4 is 10.9 Å². The zero-order valence-electron chi connectivity index (χ0n) is 15.6. The molecule has 0 saturated heterocycles. The van der Waals surface area contributed by atoms with Gasteiger partial charge in [-0.3, -0.25) is 14.2 Å². The SMILES string of the molecule is C=CCn1c(SCC(=O)NC2(C#N)CCCC2)nc2sc3c(c2c1=O)CCC3. The first-order valence-electron chi connectivity index (χ1n) is 9.58. The zero-order chi connectivity index (χ0) is 19.7. The highest BCUT2D eigenvalue weighted by Gasteiger charge is 2.35. The highest BCUT2D eigenvalue weighted by Crippen LogP contribution is 2.35. The van der Waals surface area contributed by atoms with Gasteiger partial charge in [-0.05, 0) is 50.5 Å². The van der Waals surface area contributed by atoms with E-state index < -0.39 is 5.54 Å². The Morgan fingerprint density at radius 2 is 2.18 bits per heavy atom. The minimum Gasteiger partial charge on any atom is -0.337 e. The standard InChI is InChI=1S/C20H22N4O2S2/c1-2-10-24-18(26)16-13-6-5-7-14(13)28-17(16)22-19(24)27-11-15(25)23-20(12-21)8-3-4-9-20/h2H,1,3-11H2,(H,23,25). The summed E-state index contributed by atoms with van der Waals surface area (Å²) in [6, 6.07) is 2.27. The maximum atomic E-state index is 13.1. The van der Waals surface area contributed by atoms with Crippen molar-refractivity contribution in [2.75, 3.05) is 5.75 Å². The normalized spacial score (nSPS) is 17.4. The smallest absolute Gasteiger partial charge is 0.263 e. The molecule has 2 aromatic rings. The number of nitrogens with zero attached hydrogens (tertiary/aromatic N) is 3. The number of thiophene rings is 1. The quantitative estimate of drug-likeness (QED) is 0.446. The first-order chi connectivity index (χ1) is 13.6. The number of fused-ring (bicyclic) bond motifs is 3. The molecule has 1 N–H and O–H groups in total. The van der Waals surface area contributed by atoms with Crippen molar-refractivity contribution in [3.8, 4) is 6.07 Å². The zero-order valence-corrected chi connectivity index (χ0v) is 17.3. The molecule has 8 heteroatoms. The van der Waals surface area contributed by atoms with Gasteiger partial charge in [0, 0.05) is 11.4 Å². The number of nitriles is 1. The summed E-state index contributed by atoms with van der Waals surface area (Å²) in [5, 5.41) is 13.6. The molecule has 0 unspecified atom stereocenters. The Kier molecular flexibility index (Phi) is 5.30. The molecule has 0 radical (unpaired) electrons. The van der Waals surface area contributed by atoms with Gasteiger partial charge in [0.1, 0.15) is 10.4 Å². The topological polar surface area (TPSA) is 87.8 Å². The van der Waals surface area contributed by atoms with E-state index in [1.165, 1.54) is 16.6 Å². The van der Waals surface area contributed by atoms with Crippen LogP contribution in [-0.2, 0) is 24.2 Å². The second-order valence-electron chi connectivity index (χ2n) is 7.37. The Balaban J connectivity index is 1.59. The third kappa shape index (κ3) is 3.38. The van der Waals surface area contributed by atoms with Crippen LogP contribution in [0.15, 0.2) is 22.6 Å². The summed E-state index contributed by atoms with van der Waals surface area (Å²) >= 11 is 2.84. The van der Waals surface area contributed by atoms with Crippen molar-refractivity contribution in [1.29, 1.82) is 5.26 Å². The van der Waals surface area contributed by atoms with Crippen LogP contribution in [0.25, 0.3) is 10.2 Å². The maximum Gasteiger partial charge on any atom is 0.263 e. The lowest BCUT2D eigenvalue weighted by atomic mass is 10.0. The molecule has 28 heavy (non-hydrogen) atoms. The second kappa shape index (κ2) is 7.72. The monoisotopic (exact) mass is 414 g/mol. The molecule has 146 valence electrons. The van der Waals surface area contributed by atoms with Crippen LogP contribution in [0, 0.1) is 11.3 Å². The molecule has 0 aromatic carbocycles. The minimum atomic E-state index is -0.732. The van der Waals surface area contributed by atoms with Gasteiger partial charge in [-0.15, -0.1) is 17.9 Å². The van der Waals surface area contributed by atoms with E-state index in [9.17, 15) is 14.9 Å². The van der Waals surface area contributed by atoms with Gasteiger partial charge in [0.15, 0.2) is 5.16 Å². The molecule has 0 spiro atoms. The van der Waals surface area contributed by atoms with E-state index in [4.69, 9.17) is 4.98 Å². The van der Waals surface area contributed by atoms with Crippen LogP contribution in [0.5, 0.6) is 0 Å². The van der Waals surface area contributed by atoms with E-state index in [0.29, 0.717) is 24.5 Å². The predicted octanol–water partition coefficient (Wildman–Crippen LogP) is 3.18. The summed E-state index contributed by atoms with van der Waals surface area (Å²) in [6.45, 7) is 4.11. The molecular weight excluding hydrogens is 392 g/mol. The van der Waals surface area contributed by atoms with Crippen molar-refractivity contribution in [1.82, 2.24) is 14.9 Å². The number of nitrogens with one attached hydrogen (secondary N) is 1. The third-order valence-electron chi connectivity index (χ3n) is 5.48. The number of allylic oxidation sites excluding steroid dienone is 1. The highest BCUT2D eigenvalue weighted by atomic mass is 32.2. The number of hydrogen-bond donors (Lipinski definition) is 1. The van der Waals surface area contributed by atoms with Crippen molar-refractivity contribution in [3.63, 3.8) is 0 Å². The molecule has 0 atom stereocenters. The summed E-state index contributed by atoms with van der Waals surface area (Å²) < 4.78 is 1.61. The van der Waals surface area contributed by atoms with Crippen molar-refractivity contribution in [2.24, 2.45) is 0 Å². The Labute approximate surface area is 171 Å². The van der Waals surface area contributed by atoms with E-state index in [-0.39, 0.29) is 17.2 Å². The van der Waals surface area contributed by atoms with Crippen LogP contribution in [0.2, 0.25) is 0 Å².